The van der Waals surface area contributed by atoms with Gasteiger partial charge in [0, 0.05) is 20.2 Å². The zero-order chi connectivity index (χ0) is 14.5. The summed E-state index contributed by atoms with van der Waals surface area (Å²) in [5.74, 6) is -0.481. The molecule has 1 amide bonds. The Morgan fingerprint density at radius 2 is 2.16 bits per heavy atom. The summed E-state index contributed by atoms with van der Waals surface area (Å²) in [5, 5.41) is 2.92. The lowest BCUT2D eigenvalue weighted by Gasteiger charge is -2.26. The maximum absolute atomic E-state index is 12.5. The van der Waals surface area contributed by atoms with E-state index in [2.05, 4.69) is 5.32 Å². The molecule has 0 aromatic carbocycles. The summed E-state index contributed by atoms with van der Waals surface area (Å²) in [5.41, 5.74) is 0. The Bertz CT molecular complexity index is 297. The van der Waals surface area contributed by atoms with Crippen LogP contribution in [0, 0.1) is 0 Å². The zero-order valence-electron chi connectivity index (χ0n) is 11.3. The number of nitrogens with zero attached hydrogens (tertiary/aromatic N) is 1. The Morgan fingerprint density at radius 1 is 1.47 bits per heavy atom. The van der Waals surface area contributed by atoms with E-state index in [9.17, 15) is 18.0 Å². The molecule has 4 nitrogen and oxygen atoms in total. The number of carbonyl (C=O) groups is 1. The van der Waals surface area contributed by atoms with Crippen molar-refractivity contribution in [2.24, 2.45) is 0 Å². The maximum atomic E-state index is 12.5. The van der Waals surface area contributed by atoms with E-state index in [4.69, 9.17) is 4.74 Å². The fraction of sp³-hybridized carbons (Fsp3) is 0.917. The second kappa shape index (κ2) is 7.09. The van der Waals surface area contributed by atoms with Gasteiger partial charge in [0.25, 0.3) is 0 Å². The largest absolute Gasteiger partial charge is 0.406 e. The molecule has 0 bridgehead atoms. The quantitative estimate of drug-likeness (QED) is 0.804. The maximum Gasteiger partial charge on any atom is 0.406 e. The van der Waals surface area contributed by atoms with Crippen LogP contribution < -0.4 is 5.32 Å². The summed E-state index contributed by atoms with van der Waals surface area (Å²) >= 11 is 0. The third kappa shape index (κ3) is 5.36. The number of hydrogen-bond donors (Lipinski definition) is 1. The molecule has 1 aliphatic heterocycles. The predicted octanol–water partition coefficient (Wildman–Crippen LogP) is 1.55. The molecule has 0 aromatic rings. The molecule has 1 rings (SSSR count). The minimum atomic E-state index is -4.36. The Labute approximate surface area is 111 Å². The third-order valence-electron chi connectivity index (χ3n) is 3.19. The van der Waals surface area contributed by atoms with Crippen molar-refractivity contribution in [2.75, 3.05) is 26.7 Å². The van der Waals surface area contributed by atoms with E-state index in [1.54, 1.807) is 0 Å². The van der Waals surface area contributed by atoms with Crippen molar-refractivity contribution in [1.29, 1.82) is 0 Å². The number of carbonyl (C=O) groups excluding carboxylic acids is 1. The number of ether oxygens (including phenoxy) is 1. The van der Waals surface area contributed by atoms with Gasteiger partial charge in [0.2, 0.25) is 5.91 Å². The molecule has 112 valence electrons. The predicted molar refractivity (Wildman–Crippen MR) is 64.7 cm³/mol. The zero-order valence-corrected chi connectivity index (χ0v) is 11.3. The standard InChI is InChI=1S/C12H21F3N2O2/c1-3-4-5-17(8-12(13,14)15)11(18)10-6-9(19-2)7-16-10/h9-10,16H,3-8H2,1-2H3. The molecule has 0 saturated carbocycles. The van der Waals surface area contributed by atoms with Crippen LogP contribution in [-0.4, -0.2) is 55.9 Å². The van der Waals surface area contributed by atoms with E-state index < -0.39 is 24.7 Å². The van der Waals surface area contributed by atoms with Crippen molar-refractivity contribution in [3.05, 3.63) is 0 Å². The van der Waals surface area contributed by atoms with E-state index in [0.717, 1.165) is 11.3 Å². The minimum Gasteiger partial charge on any atom is -0.380 e. The lowest BCUT2D eigenvalue weighted by Crippen LogP contribution is -2.47. The number of methoxy groups -OCH3 is 1. The normalized spacial score (nSPS) is 23.6. The van der Waals surface area contributed by atoms with E-state index in [1.165, 1.54) is 7.11 Å². The van der Waals surface area contributed by atoms with Crippen molar-refractivity contribution in [2.45, 2.75) is 44.5 Å². The van der Waals surface area contributed by atoms with Crippen LogP contribution in [0.25, 0.3) is 0 Å². The van der Waals surface area contributed by atoms with Crippen LogP contribution in [0.2, 0.25) is 0 Å². The highest BCUT2D eigenvalue weighted by Crippen LogP contribution is 2.19. The second-order valence-electron chi connectivity index (χ2n) is 4.78. The summed E-state index contributed by atoms with van der Waals surface area (Å²) < 4.78 is 42.6. The monoisotopic (exact) mass is 282 g/mol. The molecule has 2 atom stereocenters. The van der Waals surface area contributed by atoms with Gasteiger partial charge in [-0.15, -0.1) is 0 Å². The highest BCUT2D eigenvalue weighted by Gasteiger charge is 2.37. The molecule has 0 radical (unpaired) electrons. The molecule has 1 N–H and O–H groups in total. The summed E-state index contributed by atoms with van der Waals surface area (Å²) in [6.45, 7) is 1.35. The molecular weight excluding hydrogens is 261 g/mol. The van der Waals surface area contributed by atoms with Gasteiger partial charge in [-0.1, -0.05) is 13.3 Å². The fourth-order valence-corrected chi connectivity index (χ4v) is 2.12. The van der Waals surface area contributed by atoms with Crippen molar-refractivity contribution < 1.29 is 22.7 Å². The summed E-state index contributed by atoms with van der Waals surface area (Å²) in [6, 6.07) is -0.566. The van der Waals surface area contributed by atoms with Crippen LogP contribution in [0.15, 0.2) is 0 Å². The van der Waals surface area contributed by atoms with Gasteiger partial charge >= 0.3 is 6.18 Å². The molecule has 2 unspecified atom stereocenters. The number of hydrogen-bond acceptors (Lipinski definition) is 3. The summed E-state index contributed by atoms with van der Waals surface area (Å²) in [6.07, 6.45) is -2.71. The number of alkyl halides is 3. The van der Waals surface area contributed by atoms with Crippen LogP contribution in [0.4, 0.5) is 13.2 Å². The smallest absolute Gasteiger partial charge is 0.380 e. The van der Waals surface area contributed by atoms with Gasteiger partial charge in [-0.25, -0.2) is 0 Å². The lowest BCUT2D eigenvalue weighted by molar-refractivity contribution is -0.162. The Hall–Kier alpha value is -0.820. The molecule has 1 saturated heterocycles. The average Bonchev–Trinajstić information content (AvgIpc) is 2.80. The van der Waals surface area contributed by atoms with E-state index in [-0.39, 0.29) is 12.6 Å². The Kier molecular flexibility index (Phi) is 6.06. The van der Waals surface area contributed by atoms with E-state index >= 15 is 0 Å². The first-order valence-corrected chi connectivity index (χ1v) is 6.49. The molecule has 19 heavy (non-hydrogen) atoms. The molecule has 1 fully saturated rings. The van der Waals surface area contributed by atoms with Gasteiger partial charge in [0.1, 0.15) is 6.54 Å². The molecule has 7 heteroatoms. The van der Waals surface area contributed by atoms with Crippen molar-refractivity contribution in [3.63, 3.8) is 0 Å². The summed E-state index contributed by atoms with van der Waals surface area (Å²) in [4.78, 5) is 13.0. The molecule has 1 heterocycles. The number of rotatable bonds is 6. The third-order valence-corrected chi connectivity index (χ3v) is 3.19. The van der Waals surface area contributed by atoms with E-state index in [1.807, 2.05) is 6.92 Å². The topological polar surface area (TPSA) is 41.6 Å². The first-order valence-electron chi connectivity index (χ1n) is 6.49. The van der Waals surface area contributed by atoms with Gasteiger partial charge in [-0.3, -0.25) is 4.79 Å². The van der Waals surface area contributed by atoms with Gasteiger partial charge in [0.05, 0.1) is 12.1 Å². The summed E-state index contributed by atoms with van der Waals surface area (Å²) in [7, 11) is 1.53. The first kappa shape index (κ1) is 16.2. The van der Waals surface area contributed by atoms with Crippen molar-refractivity contribution in [1.82, 2.24) is 10.2 Å². The van der Waals surface area contributed by atoms with Crippen molar-refractivity contribution in [3.8, 4) is 0 Å². The van der Waals surface area contributed by atoms with Crippen LogP contribution >= 0.6 is 0 Å². The minimum absolute atomic E-state index is 0.104. The molecular formula is C12H21F3N2O2. The van der Waals surface area contributed by atoms with Gasteiger partial charge < -0.3 is 15.0 Å². The van der Waals surface area contributed by atoms with E-state index in [0.29, 0.717) is 19.4 Å². The number of unbranched alkanes of at least 4 members (excludes halogenated alkanes) is 1. The van der Waals surface area contributed by atoms with Gasteiger partial charge in [0.15, 0.2) is 0 Å². The van der Waals surface area contributed by atoms with Gasteiger partial charge in [-0.2, -0.15) is 13.2 Å². The Morgan fingerprint density at radius 3 is 2.63 bits per heavy atom. The molecule has 0 spiro atoms. The Balaban J connectivity index is 2.60. The van der Waals surface area contributed by atoms with Crippen molar-refractivity contribution >= 4 is 5.91 Å². The number of nitrogens with one attached hydrogen (secondary N) is 1. The first-order chi connectivity index (χ1) is 8.87. The fourth-order valence-electron chi connectivity index (χ4n) is 2.12. The van der Waals surface area contributed by atoms with Crippen LogP contribution in [0.3, 0.4) is 0 Å². The molecule has 1 aliphatic rings. The average molecular weight is 282 g/mol. The van der Waals surface area contributed by atoms with Gasteiger partial charge in [-0.05, 0) is 12.8 Å². The highest BCUT2D eigenvalue weighted by atomic mass is 19.4. The molecule has 0 aromatic heterocycles. The number of amides is 1. The molecule has 0 aliphatic carbocycles. The van der Waals surface area contributed by atoms with Crippen LogP contribution in [-0.2, 0) is 9.53 Å². The van der Waals surface area contributed by atoms with Crippen LogP contribution in [0.5, 0.6) is 0 Å². The lowest BCUT2D eigenvalue weighted by atomic mass is 10.1. The highest BCUT2D eigenvalue weighted by molar-refractivity contribution is 5.82. The number of halogens is 3. The van der Waals surface area contributed by atoms with Crippen LogP contribution in [0.1, 0.15) is 26.2 Å². The SMILES string of the molecule is CCCCN(CC(F)(F)F)C(=O)C1CC(OC)CN1. The second-order valence-corrected chi connectivity index (χ2v) is 4.78.